The van der Waals surface area contributed by atoms with Crippen molar-refractivity contribution in [1.82, 2.24) is 4.57 Å². The minimum atomic E-state index is -1.41. The number of nitrogens with two attached hydrogens (primary N) is 1. The number of carboxylic acid groups (broad SMARTS) is 1. The van der Waals surface area contributed by atoms with E-state index in [0.717, 1.165) is 10.9 Å². The SMILES string of the molecule is CC(N)(C(=O)O)n1ccc2ccccc21. The van der Waals surface area contributed by atoms with Crippen LogP contribution in [0.4, 0.5) is 0 Å². The topological polar surface area (TPSA) is 68.2 Å². The van der Waals surface area contributed by atoms with E-state index >= 15 is 0 Å². The molecule has 4 nitrogen and oxygen atoms in total. The molecule has 0 saturated heterocycles. The maximum atomic E-state index is 11.0. The number of para-hydroxylation sites is 1. The molecule has 2 aromatic rings. The lowest BCUT2D eigenvalue weighted by Gasteiger charge is -2.22. The Bertz CT molecular complexity index is 514. The molecule has 1 unspecified atom stereocenters. The van der Waals surface area contributed by atoms with E-state index in [1.165, 1.54) is 6.92 Å². The molecule has 2 rings (SSSR count). The third kappa shape index (κ3) is 1.39. The van der Waals surface area contributed by atoms with Crippen LogP contribution >= 0.6 is 0 Å². The van der Waals surface area contributed by atoms with Crippen LogP contribution in [0.25, 0.3) is 10.9 Å². The lowest BCUT2D eigenvalue weighted by molar-refractivity contribution is -0.146. The van der Waals surface area contributed by atoms with Gasteiger partial charge in [-0.15, -0.1) is 0 Å². The van der Waals surface area contributed by atoms with Gasteiger partial charge in [0.25, 0.3) is 0 Å². The Hall–Kier alpha value is -1.81. The van der Waals surface area contributed by atoms with Crippen LogP contribution in [0.1, 0.15) is 6.92 Å². The van der Waals surface area contributed by atoms with Gasteiger partial charge in [0.2, 0.25) is 0 Å². The van der Waals surface area contributed by atoms with Gasteiger partial charge in [-0.25, -0.2) is 4.79 Å². The minimum absolute atomic E-state index is 0.824. The minimum Gasteiger partial charge on any atom is -0.478 e. The van der Waals surface area contributed by atoms with Gasteiger partial charge in [-0.3, -0.25) is 5.73 Å². The van der Waals surface area contributed by atoms with E-state index in [-0.39, 0.29) is 0 Å². The van der Waals surface area contributed by atoms with Crippen LogP contribution in [0.3, 0.4) is 0 Å². The number of benzene rings is 1. The molecule has 0 aliphatic carbocycles. The number of nitrogens with zero attached hydrogens (tertiary/aromatic N) is 1. The number of carbonyl (C=O) groups is 1. The van der Waals surface area contributed by atoms with E-state index in [9.17, 15) is 4.79 Å². The summed E-state index contributed by atoms with van der Waals surface area (Å²) in [5.41, 5.74) is 5.17. The number of hydrogen-bond donors (Lipinski definition) is 2. The number of rotatable bonds is 2. The van der Waals surface area contributed by atoms with Crippen LogP contribution in [0.5, 0.6) is 0 Å². The third-order valence-corrected chi connectivity index (χ3v) is 2.53. The molecule has 1 aromatic carbocycles. The summed E-state index contributed by atoms with van der Waals surface area (Å²) in [4.78, 5) is 11.0. The summed E-state index contributed by atoms with van der Waals surface area (Å²) < 4.78 is 1.56. The molecule has 0 fully saturated rings. The third-order valence-electron chi connectivity index (χ3n) is 2.53. The van der Waals surface area contributed by atoms with E-state index in [1.54, 1.807) is 10.8 Å². The van der Waals surface area contributed by atoms with Gasteiger partial charge in [-0.2, -0.15) is 0 Å². The molecule has 0 aliphatic heterocycles. The van der Waals surface area contributed by atoms with Crippen molar-refractivity contribution in [2.45, 2.75) is 12.6 Å². The molecule has 0 aliphatic rings. The average Bonchev–Trinajstić information content (AvgIpc) is 2.61. The fourth-order valence-corrected chi connectivity index (χ4v) is 1.59. The lowest BCUT2D eigenvalue weighted by atomic mass is 10.2. The normalized spacial score (nSPS) is 15.1. The smallest absolute Gasteiger partial charge is 0.344 e. The van der Waals surface area contributed by atoms with Crippen molar-refractivity contribution in [3.63, 3.8) is 0 Å². The molecule has 15 heavy (non-hydrogen) atoms. The second-order valence-corrected chi connectivity index (χ2v) is 3.70. The van der Waals surface area contributed by atoms with Gasteiger partial charge < -0.3 is 9.67 Å². The molecule has 0 radical (unpaired) electrons. The monoisotopic (exact) mass is 204 g/mol. The number of hydrogen-bond acceptors (Lipinski definition) is 2. The maximum absolute atomic E-state index is 11.0. The van der Waals surface area contributed by atoms with Crippen molar-refractivity contribution in [2.24, 2.45) is 5.73 Å². The van der Waals surface area contributed by atoms with E-state index in [4.69, 9.17) is 10.8 Å². The second kappa shape index (κ2) is 3.10. The Labute approximate surface area is 86.9 Å². The average molecular weight is 204 g/mol. The van der Waals surface area contributed by atoms with Gasteiger partial charge in [0.05, 0.1) is 5.52 Å². The summed E-state index contributed by atoms with van der Waals surface area (Å²) in [5, 5.41) is 10.0. The lowest BCUT2D eigenvalue weighted by Crippen LogP contribution is -2.47. The van der Waals surface area contributed by atoms with Crippen LogP contribution < -0.4 is 5.73 Å². The molecular weight excluding hydrogens is 192 g/mol. The summed E-state index contributed by atoms with van der Waals surface area (Å²) in [6, 6.07) is 9.38. The van der Waals surface area contributed by atoms with Crippen molar-refractivity contribution in [3.05, 3.63) is 36.5 Å². The van der Waals surface area contributed by atoms with Crippen molar-refractivity contribution < 1.29 is 9.90 Å². The van der Waals surface area contributed by atoms with Crippen LogP contribution in [0.15, 0.2) is 36.5 Å². The summed E-state index contributed by atoms with van der Waals surface area (Å²) in [5.74, 6) is -1.05. The standard InChI is InChI=1S/C11H12N2O2/c1-11(12,10(14)15)13-7-6-8-4-2-3-5-9(8)13/h2-7H,12H2,1H3,(H,14,15). The van der Waals surface area contributed by atoms with E-state index in [2.05, 4.69) is 0 Å². The Balaban J connectivity index is 2.67. The van der Waals surface area contributed by atoms with Gasteiger partial charge in [0.1, 0.15) is 0 Å². The first-order valence-electron chi connectivity index (χ1n) is 4.62. The maximum Gasteiger partial charge on any atom is 0.344 e. The summed E-state index contributed by atoms with van der Waals surface area (Å²) in [7, 11) is 0. The highest BCUT2D eigenvalue weighted by atomic mass is 16.4. The number of aliphatic carboxylic acids is 1. The van der Waals surface area contributed by atoms with Crippen molar-refractivity contribution in [3.8, 4) is 0 Å². The molecule has 4 heteroatoms. The number of carboxylic acids is 1. The molecular formula is C11H12N2O2. The van der Waals surface area contributed by atoms with Crippen LogP contribution in [-0.2, 0) is 10.5 Å². The first-order chi connectivity index (χ1) is 7.03. The van der Waals surface area contributed by atoms with E-state index in [1.807, 2.05) is 30.3 Å². The predicted octanol–water partition coefficient (Wildman–Crippen LogP) is 1.36. The fraction of sp³-hybridized carbons (Fsp3) is 0.182. The van der Waals surface area contributed by atoms with Gasteiger partial charge in [0.15, 0.2) is 5.66 Å². The zero-order valence-corrected chi connectivity index (χ0v) is 8.34. The molecule has 0 bridgehead atoms. The van der Waals surface area contributed by atoms with Crippen molar-refractivity contribution >= 4 is 16.9 Å². The predicted molar refractivity (Wildman–Crippen MR) is 57.4 cm³/mol. The first-order valence-corrected chi connectivity index (χ1v) is 4.62. The molecule has 78 valence electrons. The molecule has 3 N–H and O–H groups in total. The largest absolute Gasteiger partial charge is 0.478 e. The Morgan fingerprint density at radius 1 is 1.40 bits per heavy atom. The van der Waals surface area contributed by atoms with Gasteiger partial charge >= 0.3 is 5.97 Å². The zero-order chi connectivity index (χ0) is 11.1. The first kappa shape index (κ1) is 9.73. The molecule has 1 aromatic heterocycles. The van der Waals surface area contributed by atoms with E-state index in [0.29, 0.717) is 0 Å². The summed E-state index contributed by atoms with van der Waals surface area (Å²) >= 11 is 0. The second-order valence-electron chi connectivity index (χ2n) is 3.70. The molecule has 0 amide bonds. The van der Waals surface area contributed by atoms with Crippen molar-refractivity contribution in [2.75, 3.05) is 0 Å². The zero-order valence-electron chi connectivity index (χ0n) is 8.34. The van der Waals surface area contributed by atoms with Gasteiger partial charge in [0, 0.05) is 6.20 Å². The van der Waals surface area contributed by atoms with Crippen LogP contribution in [0, 0.1) is 0 Å². The number of aromatic nitrogens is 1. The highest BCUT2D eigenvalue weighted by molar-refractivity contribution is 5.84. The van der Waals surface area contributed by atoms with Gasteiger partial charge in [-0.05, 0) is 24.4 Å². The van der Waals surface area contributed by atoms with Crippen molar-refractivity contribution in [1.29, 1.82) is 0 Å². The summed E-state index contributed by atoms with van der Waals surface area (Å²) in [6.07, 6.45) is 1.69. The molecule has 0 saturated carbocycles. The van der Waals surface area contributed by atoms with Crippen LogP contribution in [-0.4, -0.2) is 15.6 Å². The Kier molecular flexibility index (Phi) is 2.01. The van der Waals surface area contributed by atoms with Crippen LogP contribution in [0.2, 0.25) is 0 Å². The molecule has 1 heterocycles. The quantitative estimate of drug-likeness (QED) is 0.776. The molecule has 0 spiro atoms. The Morgan fingerprint density at radius 3 is 2.73 bits per heavy atom. The fourth-order valence-electron chi connectivity index (χ4n) is 1.59. The Morgan fingerprint density at radius 2 is 2.07 bits per heavy atom. The van der Waals surface area contributed by atoms with Gasteiger partial charge in [-0.1, -0.05) is 18.2 Å². The highest BCUT2D eigenvalue weighted by Gasteiger charge is 2.30. The number of fused-ring (bicyclic) bond motifs is 1. The highest BCUT2D eigenvalue weighted by Crippen LogP contribution is 2.20. The molecule has 1 atom stereocenters. The van der Waals surface area contributed by atoms with E-state index < -0.39 is 11.6 Å². The summed E-state index contributed by atoms with van der Waals surface area (Å²) in [6.45, 7) is 1.47.